The van der Waals surface area contributed by atoms with Crippen molar-refractivity contribution < 1.29 is 0 Å². The van der Waals surface area contributed by atoms with Crippen molar-refractivity contribution in [3.05, 3.63) is 34.9 Å². The summed E-state index contributed by atoms with van der Waals surface area (Å²) in [5, 5.41) is 4.17. The Labute approximate surface area is 103 Å². The zero-order chi connectivity index (χ0) is 11.8. The Hall–Kier alpha value is -0.530. The topological polar surface area (TPSA) is 12.0 Å². The van der Waals surface area contributed by atoms with Crippen LogP contribution in [0.5, 0.6) is 0 Å². The monoisotopic (exact) mass is 237 g/mol. The molecule has 1 fully saturated rings. The molecule has 2 rings (SSSR count). The first-order chi connectivity index (χ1) is 7.47. The van der Waals surface area contributed by atoms with Crippen molar-refractivity contribution in [2.24, 2.45) is 5.41 Å². The molecule has 1 aliphatic carbocycles. The van der Waals surface area contributed by atoms with Gasteiger partial charge in [-0.3, -0.25) is 0 Å². The Balaban J connectivity index is 2.28. The first kappa shape index (κ1) is 11.9. The van der Waals surface area contributed by atoms with Crippen molar-refractivity contribution in [1.29, 1.82) is 0 Å². The van der Waals surface area contributed by atoms with Crippen LogP contribution in [0.3, 0.4) is 0 Å². The van der Waals surface area contributed by atoms with Gasteiger partial charge in [0.2, 0.25) is 0 Å². The minimum atomic E-state index is 0.295. The average molecular weight is 238 g/mol. The van der Waals surface area contributed by atoms with Crippen LogP contribution >= 0.6 is 11.6 Å². The quantitative estimate of drug-likeness (QED) is 0.847. The van der Waals surface area contributed by atoms with Gasteiger partial charge in [-0.15, -0.1) is 0 Å². The summed E-state index contributed by atoms with van der Waals surface area (Å²) in [6, 6.07) is 8.33. The van der Waals surface area contributed by atoms with E-state index in [1.54, 1.807) is 0 Å². The van der Waals surface area contributed by atoms with Gasteiger partial charge >= 0.3 is 0 Å². The van der Waals surface area contributed by atoms with Crippen molar-refractivity contribution in [3.8, 4) is 0 Å². The molecule has 16 heavy (non-hydrogen) atoms. The summed E-state index contributed by atoms with van der Waals surface area (Å²) in [5.41, 5.74) is 2.15. The fourth-order valence-corrected chi connectivity index (χ4v) is 3.56. The molecule has 0 saturated heterocycles. The van der Waals surface area contributed by atoms with Crippen LogP contribution in [-0.4, -0.2) is 13.6 Å². The molecule has 1 aliphatic rings. The highest BCUT2D eigenvalue weighted by Gasteiger charge is 2.49. The van der Waals surface area contributed by atoms with Crippen molar-refractivity contribution in [1.82, 2.24) is 5.32 Å². The van der Waals surface area contributed by atoms with Crippen LogP contribution in [0.1, 0.15) is 32.3 Å². The standard InChI is InChI=1S/C14H20ClN/c1-13(2)8-14(9-13,10-16-3)11-5-4-6-12(15)7-11/h4-7,16H,8-10H2,1-3H3. The fourth-order valence-electron chi connectivity index (χ4n) is 3.37. The van der Waals surface area contributed by atoms with Crippen molar-refractivity contribution in [2.45, 2.75) is 32.1 Å². The van der Waals surface area contributed by atoms with E-state index in [9.17, 15) is 0 Å². The Morgan fingerprint density at radius 3 is 2.50 bits per heavy atom. The highest BCUT2D eigenvalue weighted by Crippen LogP contribution is 2.55. The molecule has 0 aromatic heterocycles. The third kappa shape index (κ3) is 2.11. The van der Waals surface area contributed by atoms with Crippen LogP contribution in [0.25, 0.3) is 0 Å². The lowest BCUT2D eigenvalue weighted by atomic mass is 9.52. The summed E-state index contributed by atoms with van der Waals surface area (Å²) in [6.07, 6.45) is 2.47. The molecule has 0 aliphatic heterocycles. The third-order valence-corrected chi connectivity index (χ3v) is 3.82. The van der Waals surface area contributed by atoms with Gasteiger partial charge in [0, 0.05) is 17.0 Å². The van der Waals surface area contributed by atoms with E-state index in [1.807, 2.05) is 13.1 Å². The summed E-state index contributed by atoms with van der Waals surface area (Å²) in [4.78, 5) is 0. The van der Waals surface area contributed by atoms with Gasteiger partial charge < -0.3 is 5.32 Å². The van der Waals surface area contributed by atoms with Crippen LogP contribution in [-0.2, 0) is 5.41 Å². The molecule has 88 valence electrons. The maximum Gasteiger partial charge on any atom is 0.0408 e. The van der Waals surface area contributed by atoms with Crippen LogP contribution in [0, 0.1) is 5.41 Å². The molecule has 1 aromatic carbocycles. The molecule has 1 aromatic rings. The van der Waals surface area contributed by atoms with Crippen molar-refractivity contribution in [3.63, 3.8) is 0 Å². The van der Waals surface area contributed by atoms with Crippen molar-refractivity contribution >= 4 is 11.6 Å². The van der Waals surface area contributed by atoms with Gasteiger partial charge in [-0.05, 0) is 43.0 Å². The van der Waals surface area contributed by atoms with Gasteiger partial charge in [0.15, 0.2) is 0 Å². The predicted molar refractivity (Wildman–Crippen MR) is 70.1 cm³/mol. The zero-order valence-corrected chi connectivity index (χ0v) is 11.1. The van der Waals surface area contributed by atoms with Crippen LogP contribution < -0.4 is 5.32 Å². The Bertz CT molecular complexity index is 376. The molecule has 0 radical (unpaired) electrons. The minimum Gasteiger partial charge on any atom is -0.319 e. The lowest BCUT2D eigenvalue weighted by Gasteiger charge is -2.54. The highest BCUT2D eigenvalue weighted by atomic mass is 35.5. The second kappa shape index (κ2) is 4.05. The molecule has 1 nitrogen and oxygen atoms in total. The van der Waals surface area contributed by atoms with Gasteiger partial charge in [0.1, 0.15) is 0 Å². The lowest BCUT2D eigenvalue weighted by molar-refractivity contribution is 0.0579. The van der Waals surface area contributed by atoms with Gasteiger partial charge in [-0.25, -0.2) is 0 Å². The van der Waals surface area contributed by atoms with Gasteiger partial charge in [-0.2, -0.15) is 0 Å². The number of nitrogens with one attached hydrogen (secondary N) is 1. The maximum absolute atomic E-state index is 6.08. The summed E-state index contributed by atoms with van der Waals surface area (Å²) in [5.74, 6) is 0. The molecular weight excluding hydrogens is 218 g/mol. The SMILES string of the molecule is CNCC1(c2cccc(Cl)c2)CC(C)(C)C1. The number of halogens is 1. The molecule has 0 heterocycles. The van der Waals surface area contributed by atoms with Crippen molar-refractivity contribution in [2.75, 3.05) is 13.6 Å². The van der Waals surface area contributed by atoms with Crippen LogP contribution in [0.4, 0.5) is 0 Å². The fraction of sp³-hybridized carbons (Fsp3) is 0.571. The number of hydrogen-bond acceptors (Lipinski definition) is 1. The highest BCUT2D eigenvalue weighted by molar-refractivity contribution is 6.30. The maximum atomic E-state index is 6.08. The van der Waals surface area contributed by atoms with E-state index in [0.29, 0.717) is 10.8 Å². The van der Waals surface area contributed by atoms with Crippen LogP contribution in [0.2, 0.25) is 5.02 Å². The Morgan fingerprint density at radius 2 is 2.00 bits per heavy atom. The first-order valence-corrected chi connectivity index (χ1v) is 6.26. The normalized spacial score (nSPS) is 21.5. The van der Waals surface area contributed by atoms with E-state index in [-0.39, 0.29) is 0 Å². The molecule has 0 atom stereocenters. The molecule has 0 amide bonds. The van der Waals surface area contributed by atoms with Gasteiger partial charge in [-0.1, -0.05) is 37.6 Å². The Morgan fingerprint density at radius 1 is 1.31 bits per heavy atom. The third-order valence-electron chi connectivity index (χ3n) is 3.59. The number of hydrogen-bond donors (Lipinski definition) is 1. The summed E-state index contributed by atoms with van der Waals surface area (Å²) in [7, 11) is 2.03. The molecule has 1 N–H and O–H groups in total. The number of benzene rings is 1. The van der Waals surface area contributed by atoms with Gasteiger partial charge in [0.05, 0.1) is 0 Å². The number of likely N-dealkylation sites (N-methyl/N-ethyl adjacent to an activating group) is 1. The summed E-state index contributed by atoms with van der Waals surface area (Å²) in [6.45, 7) is 5.72. The van der Waals surface area contributed by atoms with E-state index in [1.165, 1.54) is 18.4 Å². The predicted octanol–water partition coefficient (Wildman–Crippen LogP) is 3.62. The molecule has 2 heteroatoms. The van der Waals surface area contributed by atoms with Crippen LogP contribution in [0.15, 0.2) is 24.3 Å². The smallest absolute Gasteiger partial charge is 0.0408 e. The van der Waals surface area contributed by atoms with E-state index in [4.69, 9.17) is 11.6 Å². The van der Waals surface area contributed by atoms with E-state index in [0.717, 1.165) is 11.6 Å². The van der Waals surface area contributed by atoms with Gasteiger partial charge in [0.25, 0.3) is 0 Å². The zero-order valence-electron chi connectivity index (χ0n) is 10.3. The Kier molecular flexibility index (Phi) is 3.02. The molecule has 1 saturated carbocycles. The second-order valence-electron chi connectivity index (χ2n) is 5.84. The average Bonchev–Trinajstić information content (AvgIpc) is 2.15. The molecule has 0 spiro atoms. The second-order valence-corrected chi connectivity index (χ2v) is 6.28. The van der Waals surface area contributed by atoms with E-state index in [2.05, 4.69) is 37.4 Å². The minimum absolute atomic E-state index is 0.295. The molecule has 0 bridgehead atoms. The largest absolute Gasteiger partial charge is 0.319 e. The molecule has 0 unspecified atom stereocenters. The summed E-state index contributed by atoms with van der Waals surface area (Å²) < 4.78 is 0. The summed E-state index contributed by atoms with van der Waals surface area (Å²) >= 11 is 6.08. The lowest BCUT2D eigenvalue weighted by Crippen LogP contribution is -2.51. The molecular formula is C14H20ClN. The van der Waals surface area contributed by atoms with E-state index >= 15 is 0 Å². The van der Waals surface area contributed by atoms with E-state index < -0.39 is 0 Å². The number of rotatable bonds is 3. The first-order valence-electron chi connectivity index (χ1n) is 5.88.